The summed E-state index contributed by atoms with van der Waals surface area (Å²) in [7, 11) is 0. The molecule has 3 heterocycles. The summed E-state index contributed by atoms with van der Waals surface area (Å²) in [5.41, 5.74) is 5.67. The van der Waals surface area contributed by atoms with Crippen molar-refractivity contribution in [2.75, 3.05) is 0 Å². The van der Waals surface area contributed by atoms with Crippen LogP contribution in [0.4, 0.5) is 0 Å². The summed E-state index contributed by atoms with van der Waals surface area (Å²) in [5, 5.41) is 7.37. The first kappa shape index (κ1) is 19.3. The van der Waals surface area contributed by atoms with Crippen LogP contribution in [-0.2, 0) is 0 Å². The van der Waals surface area contributed by atoms with Crippen molar-refractivity contribution in [3.05, 3.63) is 116 Å². The average molecular weight is 462 g/mol. The van der Waals surface area contributed by atoms with E-state index in [1.165, 1.54) is 43.4 Å². The van der Waals surface area contributed by atoms with Gasteiger partial charge in [0.05, 0.1) is 22.1 Å². The number of fused-ring (bicyclic) bond motifs is 9. The molecule has 0 aliphatic rings. The fourth-order valence-corrected chi connectivity index (χ4v) is 5.75. The van der Waals surface area contributed by atoms with Gasteiger partial charge in [-0.15, -0.1) is 0 Å². The van der Waals surface area contributed by atoms with Gasteiger partial charge in [0, 0.05) is 27.2 Å². The van der Waals surface area contributed by atoms with Gasteiger partial charge in [-0.1, -0.05) is 66.7 Å². The molecule has 5 aromatic carbocycles. The Morgan fingerprint density at radius 2 is 1.06 bits per heavy atom. The van der Waals surface area contributed by atoms with Gasteiger partial charge in [0.15, 0.2) is 0 Å². The van der Waals surface area contributed by atoms with E-state index in [0.717, 1.165) is 16.7 Å². The van der Waals surface area contributed by atoms with Crippen molar-refractivity contribution in [1.29, 1.82) is 0 Å². The summed E-state index contributed by atoms with van der Waals surface area (Å²) < 4.78 is 4.52. The van der Waals surface area contributed by atoms with Crippen LogP contribution in [0.5, 0.6) is 0 Å². The average Bonchev–Trinajstić information content (AvgIpc) is 3.47. The second kappa shape index (κ2) is 7.23. The maximum atomic E-state index is 4.50. The van der Waals surface area contributed by atoms with E-state index in [2.05, 4.69) is 127 Å². The van der Waals surface area contributed by atoms with E-state index >= 15 is 0 Å². The Bertz CT molecular complexity index is 2090. The van der Waals surface area contributed by atoms with Gasteiger partial charge in [-0.3, -0.25) is 4.57 Å². The van der Waals surface area contributed by atoms with E-state index in [9.17, 15) is 0 Å². The van der Waals surface area contributed by atoms with Gasteiger partial charge in [-0.25, -0.2) is 15.0 Å². The fourth-order valence-electron chi connectivity index (χ4n) is 5.75. The molecule has 0 radical (unpaired) electrons. The summed E-state index contributed by atoms with van der Waals surface area (Å²) in [6, 6.07) is 36.7. The van der Waals surface area contributed by atoms with Crippen molar-refractivity contribution in [1.82, 2.24) is 24.1 Å². The zero-order valence-electron chi connectivity index (χ0n) is 19.2. The molecule has 0 fully saturated rings. The first-order valence-corrected chi connectivity index (χ1v) is 12.0. The molecule has 0 unspecified atom stereocenters. The Morgan fingerprint density at radius 3 is 1.89 bits per heavy atom. The molecule has 5 heteroatoms. The normalized spacial score (nSPS) is 11.9. The van der Waals surface area contributed by atoms with Crippen LogP contribution in [0.15, 0.2) is 116 Å². The number of aromatic nitrogens is 5. The largest absolute Gasteiger partial charge is 0.309 e. The molecule has 5 nitrogen and oxygen atoms in total. The third-order valence-electron chi connectivity index (χ3n) is 7.15. The molecule has 0 bridgehead atoms. The Morgan fingerprint density at radius 1 is 0.444 bits per heavy atom. The standard InChI is InChI=1S/C31H19N5/c1-2-9-21(10-3-1)35-25-15-14-20-8-4-5-11-22(20)28(25)30-27(35)17-16-26-29(30)23-12-6-7-13-24(23)36(26)31-33-18-32-19-34-31/h1-19H. The van der Waals surface area contributed by atoms with Crippen molar-refractivity contribution < 1.29 is 0 Å². The van der Waals surface area contributed by atoms with Gasteiger partial charge in [-0.05, 0) is 47.2 Å². The first-order chi connectivity index (χ1) is 17.9. The quantitative estimate of drug-likeness (QED) is 0.273. The number of hydrogen-bond acceptors (Lipinski definition) is 3. The molecule has 0 saturated carbocycles. The maximum absolute atomic E-state index is 4.50. The molecule has 0 spiro atoms. The summed E-state index contributed by atoms with van der Waals surface area (Å²) in [6.45, 7) is 0. The molecule has 3 aromatic heterocycles. The van der Waals surface area contributed by atoms with E-state index in [-0.39, 0.29) is 0 Å². The van der Waals surface area contributed by atoms with Crippen LogP contribution in [0.25, 0.3) is 66.0 Å². The molecule has 168 valence electrons. The molecule has 0 atom stereocenters. The molecule has 36 heavy (non-hydrogen) atoms. The first-order valence-electron chi connectivity index (χ1n) is 12.0. The van der Waals surface area contributed by atoms with Crippen LogP contribution >= 0.6 is 0 Å². The number of rotatable bonds is 2. The van der Waals surface area contributed by atoms with Crippen LogP contribution in [0, 0.1) is 0 Å². The predicted molar refractivity (Wildman–Crippen MR) is 146 cm³/mol. The summed E-state index contributed by atoms with van der Waals surface area (Å²) in [6.07, 6.45) is 3.10. The van der Waals surface area contributed by atoms with E-state index in [1.54, 1.807) is 12.7 Å². The SMILES string of the molecule is c1ccc(-n2c3ccc4ccccc4c3c3c4c5ccccc5n(-c5ncncn5)c4ccc32)cc1. The van der Waals surface area contributed by atoms with Gasteiger partial charge in [-0.2, -0.15) is 0 Å². The lowest BCUT2D eigenvalue weighted by molar-refractivity contribution is 0.940. The highest BCUT2D eigenvalue weighted by atomic mass is 15.2. The van der Waals surface area contributed by atoms with Gasteiger partial charge in [0.2, 0.25) is 5.95 Å². The van der Waals surface area contributed by atoms with Gasteiger partial charge >= 0.3 is 0 Å². The van der Waals surface area contributed by atoms with Crippen LogP contribution in [0.1, 0.15) is 0 Å². The molecular weight excluding hydrogens is 442 g/mol. The van der Waals surface area contributed by atoms with Gasteiger partial charge in [0.25, 0.3) is 0 Å². The second-order valence-electron chi connectivity index (χ2n) is 9.00. The fraction of sp³-hybridized carbons (Fsp3) is 0. The third-order valence-corrected chi connectivity index (χ3v) is 7.15. The lowest BCUT2D eigenvalue weighted by Gasteiger charge is -2.08. The van der Waals surface area contributed by atoms with Gasteiger partial charge < -0.3 is 4.57 Å². The Balaban J connectivity index is 1.68. The monoisotopic (exact) mass is 461 g/mol. The lowest BCUT2D eigenvalue weighted by Crippen LogP contribution is -2.00. The minimum absolute atomic E-state index is 0.618. The zero-order chi connectivity index (χ0) is 23.6. The molecule has 0 amide bonds. The molecule has 0 aliphatic carbocycles. The van der Waals surface area contributed by atoms with Crippen molar-refractivity contribution in [3.63, 3.8) is 0 Å². The Hall–Kier alpha value is -5.03. The van der Waals surface area contributed by atoms with E-state index < -0.39 is 0 Å². The molecule has 0 aliphatic heterocycles. The van der Waals surface area contributed by atoms with Crippen LogP contribution in [0.3, 0.4) is 0 Å². The van der Waals surface area contributed by atoms with Crippen molar-refractivity contribution in [2.24, 2.45) is 0 Å². The second-order valence-corrected chi connectivity index (χ2v) is 9.00. The predicted octanol–water partition coefficient (Wildman–Crippen LogP) is 7.22. The van der Waals surface area contributed by atoms with Crippen LogP contribution < -0.4 is 0 Å². The lowest BCUT2D eigenvalue weighted by atomic mass is 10.0. The highest BCUT2D eigenvalue weighted by Gasteiger charge is 2.22. The molecule has 0 saturated heterocycles. The number of benzene rings is 5. The smallest absolute Gasteiger partial charge is 0.237 e. The molecule has 8 rings (SSSR count). The zero-order valence-corrected chi connectivity index (χ0v) is 19.2. The van der Waals surface area contributed by atoms with Crippen molar-refractivity contribution in [3.8, 4) is 11.6 Å². The molecular formula is C31H19N5. The van der Waals surface area contributed by atoms with Crippen LogP contribution in [-0.4, -0.2) is 24.1 Å². The maximum Gasteiger partial charge on any atom is 0.237 e. The van der Waals surface area contributed by atoms with Crippen LogP contribution in [0.2, 0.25) is 0 Å². The van der Waals surface area contributed by atoms with E-state index in [1.807, 2.05) is 0 Å². The summed E-state index contributed by atoms with van der Waals surface area (Å²) in [5.74, 6) is 0.618. The van der Waals surface area contributed by atoms with Crippen molar-refractivity contribution >= 4 is 54.4 Å². The molecule has 0 N–H and O–H groups in total. The number of hydrogen-bond donors (Lipinski definition) is 0. The minimum Gasteiger partial charge on any atom is -0.309 e. The highest BCUT2D eigenvalue weighted by Crippen LogP contribution is 2.43. The number of nitrogens with zero attached hydrogens (tertiary/aromatic N) is 5. The topological polar surface area (TPSA) is 48.5 Å². The Labute approximate surface area is 205 Å². The molecule has 8 aromatic rings. The summed E-state index contributed by atoms with van der Waals surface area (Å²) >= 11 is 0. The third kappa shape index (κ3) is 2.51. The van der Waals surface area contributed by atoms with Gasteiger partial charge in [0.1, 0.15) is 12.7 Å². The van der Waals surface area contributed by atoms with E-state index in [0.29, 0.717) is 5.95 Å². The minimum atomic E-state index is 0.618. The van der Waals surface area contributed by atoms with Crippen molar-refractivity contribution in [2.45, 2.75) is 0 Å². The highest BCUT2D eigenvalue weighted by molar-refractivity contribution is 6.33. The summed E-state index contributed by atoms with van der Waals surface area (Å²) in [4.78, 5) is 13.0. The Kier molecular flexibility index (Phi) is 3.88. The number of para-hydroxylation sites is 2. The van der Waals surface area contributed by atoms with E-state index in [4.69, 9.17) is 0 Å².